The van der Waals surface area contributed by atoms with Crippen LogP contribution in [-0.2, 0) is 16.2 Å². The molecule has 1 saturated heterocycles. The topological polar surface area (TPSA) is 128 Å². The third-order valence-corrected chi connectivity index (χ3v) is 6.44. The molecular formula is C27H23N3O7S. The van der Waals surface area contributed by atoms with Crippen molar-refractivity contribution in [1.29, 1.82) is 0 Å². The highest BCUT2D eigenvalue weighted by Crippen LogP contribution is 2.35. The summed E-state index contributed by atoms with van der Waals surface area (Å²) < 4.78 is 11.2. The number of methoxy groups -OCH3 is 1. The van der Waals surface area contributed by atoms with Gasteiger partial charge < -0.3 is 14.8 Å². The van der Waals surface area contributed by atoms with Crippen LogP contribution < -0.4 is 14.8 Å². The molecule has 0 radical (unpaired) electrons. The standard InChI is InChI=1S/C27H23N3O7S/c1-17-3-8-20(9-4-17)28-25(31)15-29-26(32)24(38-27(29)33)14-19-7-12-22(36-2)23(13-19)37-16-18-5-10-21(11-6-18)30(34)35/h3-14H,15-16H2,1-2H3,(H,28,31)/b24-14-. The number of nitrogens with one attached hydrogen (secondary N) is 1. The van der Waals surface area contributed by atoms with Crippen molar-refractivity contribution in [3.8, 4) is 11.5 Å². The van der Waals surface area contributed by atoms with Crippen LogP contribution in [0.25, 0.3) is 6.08 Å². The summed E-state index contributed by atoms with van der Waals surface area (Å²) in [6.45, 7) is 1.65. The Kier molecular flexibility index (Phi) is 8.07. The van der Waals surface area contributed by atoms with Crippen LogP contribution in [0.15, 0.2) is 71.6 Å². The van der Waals surface area contributed by atoms with E-state index in [4.69, 9.17) is 9.47 Å². The fourth-order valence-electron chi connectivity index (χ4n) is 3.54. The summed E-state index contributed by atoms with van der Waals surface area (Å²) in [6.07, 6.45) is 1.54. The van der Waals surface area contributed by atoms with Gasteiger partial charge in [-0.25, -0.2) is 0 Å². The van der Waals surface area contributed by atoms with Crippen LogP contribution in [0, 0.1) is 17.0 Å². The van der Waals surface area contributed by atoms with Gasteiger partial charge in [-0.3, -0.25) is 29.4 Å². The van der Waals surface area contributed by atoms with Crippen molar-refractivity contribution in [2.24, 2.45) is 0 Å². The largest absolute Gasteiger partial charge is 0.493 e. The average molecular weight is 534 g/mol. The number of rotatable bonds is 9. The number of carbonyl (C=O) groups excluding carboxylic acids is 3. The molecule has 1 fully saturated rings. The number of ether oxygens (including phenoxy) is 2. The molecule has 3 aromatic carbocycles. The van der Waals surface area contributed by atoms with E-state index in [1.165, 1.54) is 19.2 Å². The molecule has 10 nitrogen and oxygen atoms in total. The second-order valence-corrected chi connectivity index (χ2v) is 9.30. The average Bonchev–Trinajstić information content (AvgIpc) is 3.16. The van der Waals surface area contributed by atoms with Gasteiger partial charge in [-0.15, -0.1) is 0 Å². The van der Waals surface area contributed by atoms with E-state index < -0.39 is 28.5 Å². The van der Waals surface area contributed by atoms with Crippen LogP contribution in [0.2, 0.25) is 0 Å². The van der Waals surface area contributed by atoms with Gasteiger partial charge in [-0.1, -0.05) is 23.8 Å². The minimum atomic E-state index is -0.566. The normalized spacial score (nSPS) is 14.1. The first kappa shape index (κ1) is 26.4. The van der Waals surface area contributed by atoms with Crippen LogP contribution in [0.3, 0.4) is 0 Å². The van der Waals surface area contributed by atoms with Crippen LogP contribution in [0.1, 0.15) is 16.7 Å². The van der Waals surface area contributed by atoms with E-state index in [9.17, 15) is 24.5 Å². The lowest BCUT2D eigenvalue weighted by Crippen LogP contribution is -2.36. The first-order valence-electron chi connectivity index (χ1n) is 11.4. The highest BCUT2D eigenvalue weighted by Gasteiger charge is 2.36. The molecule has 11 heteroatoms. The Morgan fingerprint density at radius 3 is 2.42 bits per heavy atom. The molecule has 3 aromatic rings. The maximum absolute atomic E-state index is 12.9. The van der Waals surface area contributed by atoms with E-state index in [1.807, 2.05) is 19.1 Å². The van der Waals surface area contributed by atoms with Crippen molar-refractivity contribution >= 4 is 46.3 Å². The lowest BCUT2D eigenvalue weighted by atomic mass is 10.1. The fourth-order valence-corrected chi connectivity index (χ4v) is 4.38. The summed E-state index contributed by atoms with van der Waals surface area (Å²) in [4.78, 5) is 49.2. The van der Waals surface area contributed by atoms with E-state index >= 15 is 0 Å². The van der Waals surface area contributed by atoms with Gasteiger partial charge in [0.2, 0.25) is 5.91 Å². The molecule has 1 aliphatic rings. The third kappa shape index (κ3) is 6.37. The summed E-state index contributed by atoms with van der Waals surface area (Å²) in [5.41, 5.74) is 2.89. The second-order valence-electron chi connectivity index (χ2n) is 8.30. The van der Waals surface area contributed by atoms with Gasteiger partial charge >= 0.3 is 0 Å². The Labute approximate surface area is 222 Å². The third-order valence-electron chi connectivity index (χ3n) is 5.54. The highest BCUT2D eigenvalue weighted by molar-refractivity contribution is 8.18. The lowest BCUT2D eigenvalue weighted by molar-refractivity contribution is -0.384. The molecule has 0 aliphatic carbocycles. The lowest BCUT2D eigenvalue weighted by Gasteiger charge is -2.13. The molecule has 0 spiro atoms. The van der Waals surface area contributed by atoms with Crippen molar-refractivity contribution in [3.63, 3.8) is 0 Å². The number of nitro benzene ring substituents is 1. The van der Waals surface area contributed by atoms with Crippen molar-refractivity contribution in [1.82, 2.24) is 4.90 Å². The molecule has 4 rings (SSSR count). The van der Waals surface area contributed by atoms with Gasteiger partial charge in [0, 0.05) is 17.8 Å². The Bertz CT molecular complexity index is 1420. The van der Waals surface area contributed by atoms with Crippen molar-refractivity contribution in [2.75, 3.05) is 19.0 Å². The van der Waals surface area contributed by atoms with Crippen LogP contribution >= 0.6 is 11.8 Å². The number of hydrogen-bond donors (Lipinski definition) is 1. The number of imide groups is 1. The summed E-state index contributed by atoms with van der Waals surface area (Å²) in [5.74, 6) is -0.215. The SMILES string of the molecule is COc1ccc(/C=C2\SC(=O)N(CC(=O)Nc3ccc(C)cc3)C2=O)cc1OCc1ccc([N+](=O)[O-])cc1. The number of aryl methyl sites for hydroxylation is 1. The van der Waals surface area contributed by atoms with Gasteiger partial charge in [0.05, 0.1) is 16.9 Å². The molecule has 0 unspecified atom stereocenters. The zero-order chi connectivity index (χ0) is 27.2. The predicted octanol–water partition coefficient (Wildman–Crippen LogP) is 5.17. The monoisotopic (exact) mass is 533 g/mol. The molecule has 1 heterocycles. The quantitative estimate of drug-likeness (QED) is 0.227. The first-order chi connectivity index (χ1) is 18.2. The summed E-state index contributed by atoms with van der Waals surface area (Å²) in [5, 5.41) is 13.0. The van der Waals surface area contributed by atoms with Gasteiger partial charge in [0.1, 0.15) is 13.2 Å². The molecule has 1 N–H and O–H groups in total. The molecule has 0 saturated carbocycles. The number of thioether (sulfide) groups is 1. The van der Waals surface area contributed by atoms with E-state index in [0.29, 0.717) is 28.3 Å². The Balaban J connectivity index is 1.44. The molecule has 38 heavy (non-hydrogen) atoms. The van der Waals surface area contributed by atoms with E-state index in [2.05, 4.69) is 5.32 Å². The first-order valence-corrected chi connectivity index (χ1v) is 12.2. The molecule has 0 atom stereocenters. The van der Waals surface area contributed by atoms with Crippen LogP contribution in [0.5, 0.6) is 11.5 Å². The number of hydrogen-bond acceptors (Lipinski definition) is 8. The number of amides is 3. The highest BCUT2D eigenvalue weighted by atomic mass is 32.2. The predicted molar refractivity (Wildman–Crippen MR) is 143 cm³/mol. The van der Waals surface area contributed by atoms with Crippen LogP contribution in [-0.4, -0.2) is 40.5 Å². The van der Waals surface area contributed by atoms with Gasteiger partial charge in [0.15, 0.2) is 11.5 Å². The van der Waals surface area contributed by atoms with Crippen LogP contribution in [0.4, 0.5) is 16.2 Å². The van der Waals surface area contributed by atoms with E-state index in [1.54, 1.807) is 48.5 Å². The summed E-state index contributed by atoms with van der Waals surface area (Å²) in [7, 11) is 1.49. The minimum absolute atomic E-state index is 0.0186. The van der Waals surface area contributed by atoms with Crippen molar-refractivity contribution in [2.45, 2.75) is 13.5 Å². The molecule has 194 valence electrons. The molecule has 0 bridgehead atoms. The van der Waals surface area contributed by atoms with E-state index in [0.717, 1.165) is 22.2 Å². The van der Waals surface area contributed by atoms with Crippen molar-refractivity contribution < 1.29 is 28.8 Å². The molecule has 1 aliphatic heterocycles. The maximum atomic E-state index is 12.9. The second kappa shape index (κ2) is 11.6. The number of benzene rings is 3. The number of carbonyl (C=O) groups is 3. The molecule has 0 aromatic heterocycles. The minimum Gasteiger partial charge on any atom is -0.493 e. The summed E-state index contributed by atoms with van der Waals surface area (Å²) >= 11 is 0.748. The number of nitrogens with zero attached hydrogens (tertiary/aromatic N) is 2. The zero-order valence-corrected chi connectivity index (χ0v) is 21.3. The Morgan fingerprint density at radius 2 is 1.76 bits per heavy atom. The number of nitro groups is 1. The fraction of sp³-hybridized carbons (Fsp3) is 0.148. The number of anilines is 1. The zero-order valence-electron chi connectivity index (χ0n) is 20.5. The van der Waals surface area contributed by atoms with Gasteiger partial charge in [-0.05, 0) is 72.3 Å². The Hall–Kier alpha value is -4.64. The molecular weight excluding hydrogens is 510 g/mol. The smallest absolute Gasteiger partial charge is 0.294 e. The summed E-state index contributed by atoms with van der Waals surface area (Å²) in [6, 6.07) is 18.2. The van der Waals surface area contributed by atoms with Gasteiger partial charge in [0.25, 0.3) is 16.8 Å². The van der Waals surface area contributed by atoms with Gasteiger partial charge in [-0.2, -0.15) is 0 Å². The van der Waals surface area contributed by atoms with Crippen molar-refractivity contribution in [3.05, 3.63) is 98.4 Å². The number of non-ortho nitro benzene ring substituents is 1. The molecule has 3 amide bonds. The Morgan fingerprint density at radius 1 is 1.05 bits per heavy atom. The van der Waals surface area contributed by atoms with E-state index in [-0.39, 0.29) is 17.2 Å². The maximum Gasteiger partial charge on any atom is 0.294 e.